The van der Waals surface area contributed by atoms with Gasteiger partial charge in [-0.2, -0.15) is 0 Å². The third-order valence-corrected chi connectivity index (χ3v) is 2.59. The largest absolute Gasteiger partial charge is 0.465 e. The molecule has 3 nitrogen and oxygen atoms in total. The zero-order valence-corrected chi connectivity index (χ0v) is 13.9. The molecule has 0 saturated heterocycles. The van der Waals surface area contributed by atoms with E-state index < -0.39 is 5.97 Å². The first kappa shape index (κ1) is 19.8. The highest BCUT2D eigenvalue weighted by atomic mass is 19.1. The minimum absolute atomic E-state index is 0.295. The van der Waals surface area contributed by atoms with E-state index in [1.807, 2.05) is 27.7 Å². The topological polar surface area (TPSA) is 39.2 Å². The molecule has 0 aliphatic heterocycles. The number of benzene rings is 1. The maximum atomic E-state index is 13.1. The van der Waals surface area contributed by atoms with Crippen LogP contribution in [-0.4, -0.2) is 18.1 Å². The van der Waals surface area contributed by atoms with Crippen LogP contribution < -0.4 is 0 Å². The second-order valence-electron chi connectivity index (χ2n) is 3.83. The Morgan fingerprint density at radius 3 is 2.45 bits per heavy atom. The van der Waals surface area contributed by atoms with Crippen molar-refractivity contribution < 1.29 is 13.9 Å². The van der Waals surface area contributed by atoms with Gasteiger partial charge in [-0.05, 0) is 35.7 Å². The molecule has 1 aromatic carbocycles. The average molecular weight is 305 g/mol. The van der Waals surface area contributed by atoms with Gasteiger partial charge in [-0.1, -0.05) is 39.8 Å². The highest BCUT2D eigenvalue weighted by Crippen LogP contribution is 2.15. The quantitative estimate of drug-likeness (QED) is 0.775. The number of rotatable bonds is 3. The molecule has 0 spiro atoms. The summed E-state index contributed by atoms with van der Waals surface area (Å²) in [6, 6.07) is 7.86. The molecule has 0 fully saturated rings. The summed E-state index contributed by atoms with van der Waals surface area (Å²) in [6.07, 6.45) is 3.56. The second kappa shape index (κ2) is 11.4. The number of methoxy groups -OCH3 is 1. The van der Waals surface area contributed by atoms with Crippen molar-refractivity contribution in [1.29, 1.82) is 0 Å². The first-order valence-corrected chi connectivity index (χ1v) is 7.46. The van der Waals surface area contributed by atoms with Crippen molar-refractivity contribution >= 4 is 5.97 Å². The van der Waals surface area contributed by atoms with E-state index >= 15 is 0 Å². The highest BCUT2D eigenvalue weighted by molar-refractivity contribution is 5.90. The molecule has 120 valence electrons. The van der Waals surface area contributed by atoms with Crippen LogP contribution >= 0.6 is 0 Å². The molecule has 4 heteroatoms. The maximum absolute atomic E-state index is 13.1. The second-order valence-corrected chi connectivity index (χ2v) is 3.83. The normalized spacial score (nSPS) is 8.82. The lowest BCUT2D eigenvalue weighted by molar-refractivity contribution is 0.0599. The molecule has 22 heavy (non-hydrogen) atoms. The van der Waals surface area contributed by atoms with Crippen molar-refractivity contribution in [1.82, 2.24) is 4.98 Å². The lowest BCUT2D eigenvalue weighted by Crippen LogP contribution is -2.06. The van der Waals surface area contributed by atoms with Gasteiger partial charge in [0, 0.05) is 12.4 Å². The highest BCUT2D eigenvalue weighted by Gasteiger charge is 2.11. The zero-order chi connectivity index (χ0) is 17.0. The Kier molecular flexibility index (Phi) is 10.3. The van der Waals surface area contributed by atoms with Crippen molar-refractivity contribution in [3.05, 3.63) is 65.2 Å². The van der Waals surface area contributed by atoms with Gasteiger partial charge in [0.25, 0.3) is 0 Å². The van der Waals surface area contributed by atoms with Crippen molar-refractivity contribution in [2.45, 2.75) is 34.1 Å². The van der Waals surface area contributed by atoms with Gasteiger partial charge < -0.3 is 4.74 Å². The van der Waals surface area contributed by atoms with Gasteiger partial charge in [-0.3, -0.25) is 4.98 Å². The molecule has 0 unspecified atom stereocenters. The van der Waals surface area contributed by atoms with Crippen LogP contribution in [0.2, 0.25) is 0 Å². The van der Waals surface area contributed by atoms with E-state index in [4.69, 9.17) is 4.74 Å². The third-order valence-electron chi connectivity index (χ3n) is 2.59. The predicted molar refractivity (Wildman–Crippen MR) is 87.5 cm³/mol. The first-order chi connectivity index (χ1) is 10.7. The third kappa shape index (κ3) is 6.04. The lowest BCUT2D eigenvalue weighted by Gasteiger charge is -2.07. The summed E-state index contributed by atoms with van der Waals surface area (Å²) in [7, 11) is 1.33. The smallest absolute Gasteiger partial charge is 0.338 e. The number of carbonyl (C=O) groups excluding carboxylic acids is 1. The number of esters is 1. The zero-order valence-electron chi connectivity index (χ0n) is 13.9. The van der Waals surface area contributed by atoms with Crippen LogP contribution in [0.5, 0.6) is 0 Å². The molecule has 0 N–H and O–H groups in total. The predicted octanol–water partition coefficient (Wildman–Crippen LogP) is 4.65. The number of hydrogen-bond donors (Lipinski definition) is 0. The molecule has 0 amide bonds. The van der Waals surface area contributed by atoms with Crippen molar-refractivity contribution in [3.63, 3.8) is 0 Å². The number of aromatic nitrogens is 1. The number of halogens is 1. The van der Waals surface area contributed by atoms with E-state index in [0.717, 1.165) is 11.1 Å². The minimum Gasteiger partial charge on any atom is -0.465 e. The lowest BCUT2D eigenvalue weighted by atomic mass is 10.0. The molecule has 1 aromatic heterocycles. The Hall–Kier alpha value is -2.23. The summed E-state index contributed by atoms with van der Waals surface area (Å²) in [5.74, 6) is -0.709. The standard InChI is InChI=1S/C14H12FNO2.2C2H6/c1-18-14(17)13-5-6-16-9-11(13)7-10-3-2-4-12(15)8-10;2*1-2/h2-6,8-9H,7H2,1H3;2*1-2H3. The number of nitrogens with zero attached hydrogens (tertiary/aromatic N) is 1. The van der Waals surface area contributed by atoms with Gasteiger partial charge in [0.2, 0.25) is 0 Å². The van der Waals surface area contributed by atoms with Crippen LogP contribution in [0.3, 0.4) is 0 Å². The Morgan fingerprint density at radius 1 is 1.18 bits per heavy atom. The van der Waals surface area contributed by atoms with E-state index in [1.54, 1.807) is 24.4 Å². The molecule has 0 aliphatic rings. The molecule has 0 saturated carbocycles. The van der Waals surface area contributed by atoms with Gasteiger partial charge in [0.05, 0.1) is 12.7 Å². The van der Waals surface area contributed by atoms with E-state index in [0.29, 0.717) is 12.0 Å². The van der Waals surface area contributed by atoms with Crippen LogP contribution in [0.15, 0.2) is 42.7 Å². The molecule has 1 heterocycles. The van der Waals surface area contributed by atoms with Crippen LogP contribution in [0, 0.1) is 5.82 Å². The molecule has 0 atom stereocenters. The summed E-state index contributed by atoms with van der Waals surface area (Å²) in [5, 5.41) is 0. The average Bonchev–Trinajstić information content (AvgIpc) is 2.58. The van der Waals surface area contributed by atoms with Crippen LogP contribution in [0.25, 0.3) is 0 Å². The SMILES string of the molecule is CC.CC.COC(=O)c1ccncc1Cc1cccc(F)c1. The summed E-state index contributed by atoms with van der Waals surface area (Å²) in [6.45, 7) is 8.00. The van der Waals surface area contributed by atoms with E-state index in [9.17, 15) is 9.18 Å². The van der Waals surface area contributed by atoms with E-state index in [-0.39, 0.29) is 5.82 Å². The first-order valence-electron chi connectivity index (χ1n) is 7.46. The van der Waals surface area contributed by atoms with Crippen molar-refractivity contribution in [2.24, 2.45) is 0 Å². The number of ether oxygens (including phenoxy) is 1. The summed E-state index contributed by atoms with van der Waals surface area (Å²) >= 11 is 0. The van der Waals surface area contributed by atoms with E-state index in [1.165, 1.54) is 25.4 Å². The Morgan fingerprint density at radius 2 is 1.86 bits per heavy atom. The number of hydrogen-bond acceptors (Lipinski definition) is 3. The van der Waals surface area contributed by atoms with E-state index in [2.05, 4.69) is 4.98 Å². The van der Waals surface area contributed by atoms with Gasteiger partial charge in [-0.25, -0.2) is 9.18 Å². The fourth-order valence-electron chi connectivity index (χ4n) is 1.74. The van der Waals surface area contributed by atoms with Gasteiger partial charge in [-0.15, -0.1) is 0 Å². The fraction of sp³-hybridized carbons (Fsp3) is 0.333. The van der Waals surface area contributed by atoms with Gasteiger partial charge in [0.1, 0.15) is 5.82 Å². The molecule has 0 bridgehead atoms. The van der Waals surface area contributed by atoms with Crippen molar-refractivity contribution in [2.75, 3.05) is 7.11 Å². The molecule has 2 rings (SSSR count). The molecular weight excluding hydrogens is 281 g/mol. The number of carbonyl (C=O) groups is 1. The van der Waals surface area contributed by atoms with Crippen molar-refractivity contribution in [3.8, 4) is 0 Å². The number of pyridine rings is 1. The Labute approximate surface area is 132 Å². The maximum Gasteiger partial charge on any atom is 0.338 e. The molecule has 0 radical (unpaired) electrons. The molecule has 2 aromatic rings. The van der Waals surface area contributed by atoms with Crippen LogP contribution in [0.1, 0.15) is 49.2 Å². The Bertz CT molecular complexity index is 571. The summed E-state index contributed by atoms with van der Waals surface area (Å²) in [5.41, 5.74) is 1.96. The van der Waals surface area contributed by atoms with Crippen LogP contribution in [-0.2, 0) is 11.2 Å². The molecular formula is C18H24FNO2. The monoisotopic (exact) mass is 305 g/mol. The summed E-state index contributed by atoms with van der Waals surface area (Å²) < 4.78 is 17.8. The Balaban J connectivity index is 0.00000102. The molecule has 0 aliphatic carbocycles. The van der Waals surface area contributed by atoms with Gasteiger partial charge in [0.15, 0.2) is 0 Å². The minimum atomic E-state index is -0.413. The van der Waals surface area contributed by atoms with Gasteiger partial charge >= 0.3 is 5.97 Å². The summed E-state index contributed by atoms with van der Waals surface area (Å²) in [4.78, 5) is 15.5. The fourth-order valence-corrected chi connectivity index (χ4v) is 1.74. The van der Waals surface area contributed by atoms with Crippen LogP contribution in [0.4, 0.5) is 4.39 Å².